The van der Waals surface area contributed by atoms with E-state index in [4.69, 9.17) is 14.2 Å². The zero-order valence-electron chi connectivity index (χ0n) is 16.6. The fraction of sp³-hybridized carbons (Fsp3) is 0.0833. The Balaban J connectivity index is 1.67. The fourth-order valence-corrected chi connectivity index (χ4v) is 2.56. The Bertz CT molecular complexity index is 1050. The van der Waals surface area contributed by atoms with Crippen molar-refractivity contribution in [3.63, 3.8) is 0 Å². The number of nitrogens with zero attached hydrogens (tertiary/aromatic N) is 1. The number of phenolic OH excluding ortho intramolecular Hbond substituents is 1. The summed E-state index contributed by atoms with van der Waals surface area (Å²) in [4.78, 5) is 16.5. The maximum Gasteiger partial charge on any atom is 0.336 e. The molecule has 0 radical (unpaired) electrons. The fourth-order valence-electron chi connectivity index (χ4n) is 2.56. The van der Waals surface area contributed by atoms with Gasteiger partial charge >= 0.3 is 5.97 Å². The summed E-state index contributed by atoms with van der Waals surface area (Å²) in [5.74, 6) is 1.13. The van der Waals surface area contributed by atoms with E-state index in [1.54, 1.807) is 61.9 Å². The quantitative estimate of drug-likeness (QED) is 0.266. The SMILES string of the molecule is COc1ccc(C=CC(=O)Oc2ccc(C=Nc3ccc(O)cc3)cc2OC)cc1. The minimum atomic E-state index is -0.519. The molecule has 3 aromatic rings. The number of phenols is 1. The summed E-state index contributed by atoms with van der Waals surface area (Å²) >= 11 is 0. The van der Waals surface area contributed by atoms with Gasteiger partial charge in [0.05, 0.1) is 19.9 Å². The number of rotatable bonds is 7. The Kier molecular flexibility index (Phi) is 6.84. The highest BCUT2D eigenvalue weighted by molar-refractivity contribution is 5.89. The molecule has 152 valence electrons. The van der Waals surface area contributed by atoms with Crippen LogP contribution in [0.1, 0.15) is 11.1 Å². The van der Waals surface area contributed by atoms with Gasteiger partial charge in [0.1, 0.15) is 11.5 Å². The number of aromatic hydroxyl groups is 1. The van der Waals surface area contributed by atoms with Crippen LogP contribution in [0.3, 0.4) is 0 Å². The minimum Gasteiger partial charge on any atom is -0.508 e. The minimum absolute atomic E-state index is 0.183. The number of ether oxygens (including phenoxy) is 3. The first-order valence-electron chi connectivity index (χ1n) is 9.12. The van der Waals surface area contributed by atoms with Crippen LogP contribution in [0.25, 0.3) is 6.08 Å². The molecule has 0 aliphatic carbocycles. The van der Waals surface area contributed by atoms with Crippen molar-refractivity contribution in [2.24, 2.45) is 4.99 Å². The van der Waals surface area contributed by atoms with Crippen LogP contribution in [-0.2, 0) is 4.79 Å². The van der Waals surface area contributed by atoms with Crippen LogP contribution < -0.4 is 14.2 Å². The molecule has 0 saturated heterocycles. The molecule has 0 saturated carbocycles. The van der Waals surface area contributed by atoms with Gasteiger partial charge in [-0.15, -0.1) is 0 Å². The topological polar surface area (TPSA) is 77.4 Å². The van der Waals surface area contributed by atoms with E-state index >= 15 is 0 Å². The van der Waals surface area contributed by atoms with Gasteiger partial charge in [0, 0.05) is 12.3 Å². The molecule has 6 nitrogen and oxygen atoms in total. The molecule has 0 heterocycles. The third-order valence-corrected chi connectivity index (χ3v) is 4.14. The predicted molar refractivity (Wildman–Crippen MR) is 116 cm³/mol. The molecule has 0 amide bonds. The number of benzene rings is 3. The van der Waals surface area contributed by atoms with Gasteiger partial charge in [-0.25, -0.2) is 4.79 Å². The van der Waals surface area contributed by atoms with Crippen LogP contribution in [0.4, 0.5) is 5.69 Å². The average molecular weight is 403 g/mol. The molecule has 0 aliphatic rings. The second-order valence-corrected chi connectivity index (χ2v) is 6.21. The van der Waals surface area contributed by atoms with Gasteiger partial charge in [0.2, 0.25) is 0 Å². The summed E-state index contributed by atoms with van der Waals surface area (Å²) in [5, 5.41) is 9.32. The molecule has 0 fully saturated rings. The molecule has 3 aromatic carbocycles. The lowest BCUT2D eigenvalue weighted by atomic mass is 10.2. The molecule has 0 bridgehead atoms. The van der Waals surface area contributed by atoms with Gasteiger partial charge in [-0.2, -0.15) is 0 Å². The highest BCUT2D eigenvalue weighted by Gasteiger charge is 2.08. The third kappa shape index (κ3) is 5.72. The maximum atomic E-state index is 12.2. The van der Waals surface area contributed by atoms with Gasteiger partial charge in [-0.1, -0.05) is 12.1 Å². The van der Waals surface area contributed by atoms with E-state index in [-0.39, 0.29) is 5.75 Å². The smallest absolute Gasteiger partial charge is 0.336 e. The van der Waals surface area contributed by atoms with Gasteiger partial charge in [-0.3, -0.25) is 4.99 Å². The van der Waals surface area contributed by atoms with Crippen LogP contribution in [-0.4, -0.2) is 31.5 Å². The van der Waals surface area contributed by atoms with Crippen LogP contribution in [0.15, 0.2) is 77.8 Å². The number of aliphatic imine (C=N–C) groups is 1. The summed E-state index contributed by atoms with van der Waals surface area (Å²) in [5.41, 5.74) is 2.32. The van der Waals surface area contributed by atoms with E-state index < -0.39 is 5.97 Å². The van der Waals surface area contributed by atoms with Crippen molar-refractivity contribution in [1.29, 1.82) is 0 Å². The summed E-state index contributed by atoms with van der Waals surface area (Å²) in [6.07, 6.45) is 4.67. The van der Waals surface area contributed by atoms with E-state index in [1.807, 2.05) is 24.3 Å². The summed E-state index contributed by atoms with van der Waals surface area (Å²) in [7, 11) is 3.10. The Morgan fingerprint density at radius 3 is 2.23 bits per heavy atom. The van der Waals surface area contributed by atoms with Gasteiger partial charge in [0.25, 0.3) is 0 Å². The number of esters is 1. The third-order valence-electron chi connectivity index (χ3n) is 4.14. The van der Waals surface area contributed by atoms with Crippen LogP contribution in [0.2, 0.25) is 0 Å². The normalized spacial score (nSPS) is 11.0. The Hall–Kier alpha value is -4.06. The second-order valence-electron chi connectivity index (χ2n) is 6.21. The van der Waals surface area contributed by atoms with E-state index in [0.717, 1.165) is 16.9 Å². The number of hydrogen-bond donors (Lipinski definition) is 1. The zero-order valence-corrected chi connectivity index (χ0v) is 16.6. The lowest BCUT2D eigenvalue weighted by Gasteiger charge is -2.08. The molecule has 0 spiro atoms. The molecule has 0 aliphatic heterocycles. The first-order chi connectivity index (χ1) is 14.6. The highest BCUT2D eigenvalue weighted by Crippen LogP contribution is 2.28. The summed E-state index contributed by atoms with van der Waals surface area (Å²) in [6.45, 7) is 0. The lowest BCUT2D eigenvalue weighted by molar-refractivity contribution is -0.129. The number of carbonyl (C=O) groups is 1. The Morgan fingerprint density at radius 2 is 1.57 bits per heavy atom. The van der Waals surface area contributed by atoms with Crippen LogP contribution in [0, 0.1) is 0 Å². The van der Waals surface area contributed by atoms with E-state index in [2.05, 4.69) is 4.99 Å². The molecule has 1 N–H and O–H groups in total. The van der Waals surface area contributed by atoms with Crippen LogP contribution >= 0.6 is 0 Å². The van der Waals surface area contributed by atoms with E-state index in [9.17, 15) is 9.90 Å². The van der Waals surface area contributed by atoms with Crippen molar-refractivity contribution >= 4 is 23.9 Å². The predicted octanol–water partition coefficient (Wildman–Crippen LogP) is 4.78. The summed E-state index contributed by atoms with van der Waals surface area (Å²) < 4.78 is 15.8. The molecule has 0 atom stereocenters. The Morgan fingerprint density at radius 1 is 0.867 bits per heavy atom. The molecular weight excluding hydrogens is 382 g/mol. The maximum absolute atomic E-state index is 12.2. The lowest BCUT2D eigenvalue weighted by Crippen LogP contribution is -2.05. The first-order valence-corrected chi connectivity index (χ1v) is 9.12. The molecule has 6 heteroatoms. The van der Waals surface area contributed by atoms with Crippen LogP contribution in [0.5, 0.6) is 23.0 Å². The molecule has 0 aromatic heterocycles. The van der Waals surface area contributed by atoms with Gasteiger partial charge in [0.15, 0.2) is 11.5 Å². The largest absolute Gasteiger partial charge is 0.508 e. The molecule has 30 heavy (non-hydrogen) atoms. The molecular formula is C24H21NO5. The standard InChI is InChI=1S/C24H21NO5/c1-28-21-11-3-17(4-12-21)6-14-24(27)30-22-13-5-18(15-23(22)29-2)16-25-19-7-9-20(26)10-8-19/h3-16,26H,1-2H3. The van der Waals surface area contributed by atoms with Crippen molar-refractivity contribution < 1.29 is 24.1 Å². The van der Waals surface area contributed by atoms with Gasteiger partial charge < -0.3 is 19.3 Å². The van der Waals surface area contributed by atoms with Crippen molar-refractivity contribution in [2.45, 2.75) is 0 Å². The van der Waals surface area contributed by atoms with Crippen molar-refractivity contribution in [1.82, 2.24) is 0 Å². The second kappa shape index (κ2) is 9.93. The number of methoxy groups -OCH3 is 2. The Labute approximate surface area is 174 Å². The summed E-state index contributed by atoms with van der Waals surface area (Å²) in [6, 6.07) is 19.0. The van der Waals surface area contributed by atoms with Crippen molar-refractivity contribution in [3.8, 4) is 23.0 Å². The molecule has 3 rings (SSSR count). The zero-order chi connectivity index (χ0) is 21.3. The molecule has 0 unspecified atom stereocenters. The first kappa shape index (κ1) is 20.7. The van der Waals surface area contributed by atoms with Crippen molar-refractivity contribution in [3.05, 3.63) is 83.9 Å². The average Bonchev–Trinajstić information content (AvgIpc) is 2.78. The van der Waals surface area contributed by atoms with Crippen molar-refractivity contribution in [2.75, 3.05) is 14.2 Å². The number of hydrogen-bond acceptors (Lipinski definition) is 6. The van der Waals surface area contributed by atoms with E-state index in [0.29, 0.717) is 17.2 Å². The van der Waals surface area contributed by atoms with E-state index in [1.165, 1.54) is 13.2 Å². The monoisotopic (exact) mass is 403 g/mol. The number of carbonyl (C=O) groups excluding carboxylic acids is 1. The van der Waals surface area contributed by atoms with Gasteiger partial charge in [-0.05, 0) is 71.8 Å². The highest BCUT2D eigenvalue weighted by atomic mass is 16.6.